The Balaban J connectivity index is 2.22. The Bertz CT molecular complexity index is 964. The number of carbonyl (C=O) groups is 1. The second-order valence-corrected chi connectivity index (χ2v) is 5.75. The van der Waals surface area contributed by atoms with Gasteiger partial charge in [-0.05, 0) is 45.8 Å². The maximum atomic E-state index is 12.2. The van der Waals surface area contributed by atoms with Crippen molar-refractivity contribution in [1.82, 2.24) is 0 Å². The molecule has 130 valence electrons. The van der Waals surface area contributed by atoms with E-state index in [4.69, 9.17) is 0 Å². The van der Waals surface area contributed by atoms with Crippen molar-refractivity contribution in [3.05, 3.63) is 78.3 Å². The van der Waals surface area contributed by atoms with Crippen LogP contribution >= 0.6 is 15.9 Å². The molecule has 1 amide bonds. The topological polar surface area (TPSA) is 139 Å². The first kappa shape index (κ1) is 18.8. The van der Waals surface area contributed by atoms with E-state index in [-0.39, 0.29) is 27.1 Å². The van der Waals surface area contributed by atoms with Crippen LogP contribution in [0.2, 0.25) is 0 Å². The average molecular weight is 417 g/mol. The average Bonchev–Trinajstić information content (AvgIpc) is 2.61. The van der Waals surface area contributed by atoms with E-state index in [1.807, 2.05) is 0 Å². The second kappa shape index (κ2) is 8.00. The molecular weight excluding hydrogens is 408 g/mol. The van der Waals surface area contributed by atoms with Gasteiger partial charge in [-0.1, -0.05) is 0 Å². The Hall–Kier alpha value is -3.58. The SMILES string of the molecule is N#C/C(=C/c1ccc([N+](=O)[O-])cc1)C(=O)Nc1ccc([N+](=O)[O-])cc1Br. The number of hydrogen-bond donors (Lipinski definition) is 1. The molecular formula is C16H9BrN4O5. The summed E-state index contributed by atoms with van der Waals surface area (Å²) in [7, 11) is 0. The molecule has 0 radical (unpaired) electrons. The van der Waals surface area contributed by atoms with Crippen LogP contribution in [0.25, 0.3) is 6.08 Å². The molecule has 0 atom stereocenters. The summed E-state index contributed by atoms with van der Waals surface area (Å²) in [6, 6.07) is 10.8. The molecule has 0 saturated heterocycles. The van der Waals surface area contributed by atoms with Gasteiger partial charge < -0.3 is 5.32 Å². The minimum absolute atomic E-state index is 0.111. The molecule has 0 bridgehead atoms. The molecule has 1 N–H and O–H groups in total. The maximum Gasteiger partial charge on any atom is 0.270 e. The molecule has 0 fully saturated rings. The molecule has 0 heterocycles. The van der Waals surface area contributed by atoms with Gasteiger partial charge in [0.2, 0.25) is 0 Å². The molecule has 2 aromatic rings. The molecule has 26 heavy (non-hydrogen) atoms. The predicted molar refractivity (Wildman–Crippen MR) is 96.1 cm³/mol. The lowest BCUT2D eigenvalue weighted by molar-refractivity contribution is -0.385. The minimum atomic E-state index is -0.722. The summed E-state index contributed by atoms with van der Waals surface area (Å²) in [5, 5.41) is 33.0. The van der Waals surface area contributed by atoms with E-state index in [1.165, 1.54) is 48.5 Å². The minimum Gasteiger partial charge on any atom is -0.320 e. The highest BCUT2D eigenvalue weighted by molar-refractivity contribution is 9.10. The van der Waals surface area contributed by atoms with Crippen molar-refractivity contribution in [3.63, 3.8) is 0 Å². The van der Waals surface area contributed by atoms with E-state index >= 15 is 0 Å². The van der Waals surface area contributed by atoms with E-state index in [9.17, 15) is 30.3 Å². The fourth-order valence-electron chi connectivity index (χ4n) is 1.92. The quantitative estimate of drug-likeness (QED) is 0.340. The highest BCUT2D eigenvalue weighted by atomic mass is 79.9. The van der Waals surface area contributed by atoms with Crippen molar-refractivity contribution < 1.29 is 14.6 Å². The number of benzene rings is 2. The van der Waals surface area contributed by atoms with Crippen molar-refractivity contribution >= 4 is 45.0 Å². The largest absolute Gasteiger partial charge is 0.320 e. The molecule has 2 aromatic carbocycles. The van der Waals surface area contributed by atoms with Crippen LogP contribution in [0.3, 0.4) is 0 Å². The zero-order valence-corrected chi connectivity index (χ0v) is 14.5. The fraction of sp³-hybridized carbons (Fsp3) is 0. The molecule has 0 unspecified atom stereocenters. The smallest absolute Gasteiger partial charge is 0.270 e. The molecule has 0 aliphatic carbocycles. The number of nitriles is 1. The van der Waals surface area contributed by atoms with Crippen molar-refractivity contribution in [3.8, 4) is 6.07 Å². The number of anilines is 1. The predicted octanol–water partition coefficient (Wildman–Crippen LogP) is 3.81. The number of amides is 1. The standard InChI is InChI=1S/C16H9BrN4O5/c17-14-8-13(21(25)26)5-6-15(14)19-16(22)11(9-18)7-10-1-3-12(4-2-10)20(23)24/h1-8H,(H,19,22)/b11-7-. The Labute approximate surface area is 155 Å². The molecule has 2 rings (SSSR count). The van der Waals surface area contributed by atoms with Gasteiger partial charge in [0.15, 0.2) is 0 Å². The highest BCUT2D eigenvalue weighted by Crippen LogP contribution is 2.27. The molecule has 0 aromatic heterocycles. The lowest BCUT2D eigenvalue weighted by Gasteiger charge is -2.06. The summed E-state index contributed by atoms with van der Waals surface area (Å²) in [4.78, 5) is 32.4. The van der Waals surface area contributed by atoms with E-state index in [2.05, 4.69) is 21.2 Å². The first-order valence-corrected chi connectivity index (χ1v) is 7.72. The number of nitrogens with zero attached hydrogens (tertiary/aromatic N) is 3. The van der Waals surface area contributed by atoms with Crippen LogP contribution in [0.15, 0.2) is 52.5 Å². The molecule has 0 saturated carbocycles. The third kappa shape index (κ3) is 4.49. The lowest BCUT2D eigenvalue weighted by Crippen LogP contribution is -2.13. The Morgan fingerprint density at radius 3 is 2.15 bits per heavy atom. The fourth-order valence-corrected chi connectivity index (χ4v) is 2.38. The Morgan fingerprint density at radius 1 is 1.08 bits per heavy atom. The van der Waals surface area contributed by atoms with E-state index in [1.54, 1.807) is 6.07 Å². The summed E-state index contributed by atoms with van der Waals surface area (Å²) in [6.45, 7) is 0. The highest BCUT2D eigenvalue weighted by Gasteiger charge is 2.14. The number of rotatable bonds is 5. The zero-order chi connectivity index (χ0) is 19.3. The summed E-state index contributed by atoms with van der Waals surface area (Å²) in [6.07, 6.45) is 1.28. The Kier molecular flexibility index (Phi) is 5.77. The van der Waals surface area contributed by atoms with Crippen LogP contribution in [0.1, 0.15) is 5.56 Å². The van der Waals surface area contributed by atoms with Crippen LogP contribution in [0, 0.1) is 31.6 Å². The van der Waals surface area contributed by atoms with Crippen molar-refractivity contribution in [2.24, 2.45) is 0 Å². The molecule has 9 nitrogen and oxygen atoms in total. The van der Waals surface area contributed by atoms with E-state index < -0.39 is 15.8 Å². The number of nitrogens with one attached hydrogen (secondary N) is 1. The second-order valence-electron chi connectivity index (χ2n) is 4.89. The maximum absolute atomic E-state index is 12.2. The van der Waals surface area contributed by atoms with Crippen LogP contribution < -0.4 is 5.32 Å². The summed E-state index contributed by atoms with van der Waals surface area (Å²) >= 11 is 3.12. The van der Waals surface area contributed by atoms with Gasteiger partial charge in [0.25, 0.3) is 17.3 Å². The van der Waals surface area contributed by atoms with Crippen molar-refractivity contribution in [2.75, 3.05) is 5.32 Å². The van der Waals surface area contributed by atoms with Gasteiger partial charge in [-0.2, -0.15) is 5.26 Å². The molecule has 0 aliphatic rings. The van der Waals surface area contributed by atoms with Crippen LogP contribution in [-0.4, -0.2) is 15.8 Å². The van der Waals surface area contributed by atoms with Crippen molar-refractivity contribution in [1.29, 1.82) is 5.26 Å². The molecule has 10 heteroatoms. The van der Waals surface area contributed by atoms with Crippen LogP contribution in [-0.2, 0) is 4.79 Å². The van der Waals surface area contributed by atoms with Crippen LogP contribution in [0.4, 0.5) is 17.1 Å². The summed E-state index contributed by atoms with van der Waals surface area (Å²) < 4.78 is 0.285. The number of carbonyl (C=O) groups excluding carboxylic acids is 1. The van der Waals surface area contributed by atoms with Crippen molar-refractivity contribution in [2.45, 2.75) is 0 Å². The van der Waals surface area contributed by atoms with Crippen LogP contribution in [0.5, 0.6) is 0 Å². The zero-order valence-electron chi connectivity index (χ0n) is 12.9. The third-order valence-corrected chi connectivity index (χ3v) is 3.85. The first-order valence-electron chi connectivity index (χ1n) is 6.93. The third-order valence-electron chi connectivity index (χ3n) is 3.19. The molecule has 0 spiro atoms. The van der Waals surface area contributed by atoms with Gasteiger partial charge in [0.05, 0.1) is 15.5 Å². The van der Waals surface area contributed by atoms with Gasteiger partial charge in [0, 0.05) is 28.7 Å². The van der Waals surface area contributed by atoms with Gasteiger partial charge >= 0.3 is 0 Å². The summed E-state index contributed by atoms with van der Waals surface area (Å²) in [5.74, 6) is -0.722. The number of nitro benzene ring substituents is 2. The van der Waals surface area contributed by atoms with Gasteiger partial charge in [-0.25, -0.2) is 0 Å². The van der Waals surface area contributed by atoms with Gasteiger partial charge in [0.1, 0.15) is 11.6 Å². The monoisotopic (exact) mass is 416 g/mol. The lowest BCUT2D eigenvalue weighted by atomic mass is 10.1. The molecule has 0 aliphatic heterocycles. The van der Waals surface area contributed by atoms with Gasteiger partial charge in [-0.3, -0.25) is 25.0 Å². The first-order chi connectivity index (χ1) is 12.3. The van der Waals surface area contributed by atoms with Gasteiger partial charge in [-0.15, -0.1) is 0 Å². The Morgan fingerprint density at radius 2 is 1.65 bits per heavy atom. The number of nitro groups is 2. The summed E-state index contributed by atoms with van der Waals surface area (Å²) in [5.41, 5.74) is 0.191. The van der Waals surface area contributed by atoms with E-state index in [0.29, 0.717) is 5.56 Å². The number of halogens is 1. The number of hydrogen-bond acceptors (Lipinski definition) is 6. The normalized spacial score (nSPS) is 10.7. The number of non-ortho nitro benzene ring substituents is 2. The van der Waals surface area contributed by atoms with E-state index in [0.717, 1.165) is 0 Å².